The Labute approximate surface area is 352 Å². The third kappa shape index (κ3) is 5.78. The lowest BCUT2D eigenvalue weighted by Crippen LogP contribution is -2.28. The molecule has 0 spiro atoms. The summed E-state index contributed by atoms with van der Waals surface area (Å²) in [5.74, 6) is 0. The normalized spacial score (nSPS) is 12.5. The molecule has 1 aliphatic carbocycles. The Morgan fingerprint density at radius 2 is 0.783 bits per heavy atom. The average Bonchev–Trinajstić information content (AvgIpc) is 3.65. The Kier molecular flexibility index (Phi) is 8.79. The van der Waals surface area contributed by atoms with E-state index >= 15 is 0 Å². The number of rotatable bonds is 8. The fraction of sp³-hybridized carbons (Fsp3) is 0.0169. The molecule has 0 aliphatic heterocycles. The zero-order valence-electron chi connectivity index (χ0n) is 33.1. The van der Waals surface area contributed by atoms with Gasteiger partial charge in [0.2, 0.25) is 0 Å². The molecule has 0 fully saturated rings. The van der Waals surface area contributed by atoms with Crippen LogP contribution in [0.5, 0.6) is 0 Å². The van der Waals surface area contributed by atoms with Crippen molar-refractivity contribution in [1.29, 1.82) is 0 Å². The highest BCUT2D eigenvalue weighted by atomic mass is 15.1. The fourth-order valence-electron chi connectivity index (χ4n) is 9.73. The lowest BCUT2D eigenvalue weighted by atomic mass is 9.68. The summed E-state index contributed by atoms with van der Waals surface area (Å²) >= 11 is 0. The van der Waals surface area contributed by atoms with Gasteiger partial charge in [-0.1, -0.05) is 218 Å². The van der Waals surface area contributed by atoms with Crippen molar-refractivity contribution in [3.05, 3.63) is 271 Å². The van der Waals surface area contributed by atoms with Crippen LogP contribution in [0.3, 0.4) is 0 Å². The van der Waals surface area contributed by atoms with Gasteiger partial charge >= 0.3 is 0 Å². The Morgan fingerprint density at radius 1 is 0.283 bits per heavy atom. The molecule has 0 unspecified atom stereocenters. The molecule has 0 radical (unpaired) electrons. The van der Waals surface area contributed by atoms with E-state index in [1.165, 1.54) is 77.5 Å². The molecular weight excluding hydrogens is 723 g/mol. The van der Waals surface area contributed by atoms with Gasteiger partial charge in [0.25, 0.3) is 0 Å². The minimum atomic E-state index is -0.511. The van der Waals surface area contributed by atoms with Crippen LogP contribution in [0.15, 0.2) is 249 Å². The molecule has 0 bridgehead atoms. The van der Waals surface area contributed by atoms with Gasteiger partial charge in [-0.05, 0) is 96.9 Å². The molecule has 0 saturated heterocycles. The van der Waals surface area contributed by atoms with Gasteiger partial charge in [-0.25, -0.2) is 0 Å². The number of fused-ring (bicyclic) bond motifs is 4. The Morgan fingerprint density at radius 3 is 1.47 bits per heavy atom. The van der Waals surface area contributed by atoms with Crippen LogP contribution in [0.4, 0.5) is 17.1 Å². The molecule has 1 nitrogen and oxygen atoms in total. The summed E-state index contributed by atoms with van der Waals surface area (Å²) < 4.78 is 0. The maximum absolute atomic E-state index is 2.50. The molecule has 11 rings (SSSR count). The smallest absolute Gasteiger partial charge is 0.0714 e. The summed E-state index contributed by atoms with van der Waals surface area (Å²) in [5, 5.41) is 2.40. The first-order valence-electron chi connectivity index (χ1n) is 20.8. The third-order valence-electron chi connectivity index (χ3n) is 12.4. The van der Waals surface area contributed by atoms with Crippen LogP contribution in [0.2, 0.25) is 0 Å². The number of anilines is 3. The molecule has 0 saturated carbocycles. The molecule has 0 atom stereocenters. The first-order chi connectivity index (χ1) is 29.8. The van der Waals surface area contributed by atoms with Crippen molar-refractivity contribution in [3.8, 4) is 44.5 Å². The van der Waals surface area contributed by atoms with Gasteiger partial charge in [0.15, 0.2) is 0 Å². The minimum Gasteiger partial charge on any atom is -0.309 e. The largest absolute Gasteiger partial charge is 0.309 e. The van der Waals surface area contributed by atoms with Gasteiger partial charge in [-0.3, -0.25) is 0 Å². The van der Waals surface area contributed by atoms with Crippen molar-refractivity contribution in [2.24, 2.45) is 0 Å². The molecule has 1 aliphatic rings. The summed E-state index contributed by atoms with van der Waals surface area (Å²) in [6.45, 7) is 0. The van der Waals surface area contributed by atoms with Gasteiger partial charge in [0.1, 0.15) is 0 Å². The van der Waals surface area contributed by atoms with Gasteiger partial charge in [-0.2, -0.15) is 0 Å². The molecular formula is C59H41N. The van der Waals surface area contributed by atoms with E-state index in [4.69, 9.17) is 0 Å². The number of hydrogen-bond donors (Lipinski definition) is 0. The second kappa shape index (κ2) is 14.9. The zero-order valence-corrected chi connectivity index (χ0v) is 33.1. The SMILES string of the molecule is c1ccc(-c2ccc(N(c3cccc4c3-c3ccccc3C4(c3ccccc3)c3ccccc3)c3ccc(-c4cccc(-c5ccccc5)c4)c4ccccc34)cc2)cc1. The van der Waals surface area contributed by atoms with Gasteiger partial charge in [-0.15, -0.1) is 0 Å². The Balaban J connectivity index is 1.17. The average molecular weight is 764 g/mol. The van der Waals surface area contributed by atoms with Crippen molar-refractivity contribution in [1.82, 2.24) is 0 Å². The maximum atomic E-state index is 2.50. The first kappa shape index (κ1) is 35.4. The molecule has 0 amide bonds. The minimum absolute atomic E-state index is 0.511. The van der Waals surface area contributed by atoms with Crippen LogP contribution in [-0.4, -0.2) is 0 Å². The lowest BCUT2D eigenvalue weighted by Gasteiger charge is -2.34. The topological polar surface area (TPSA) is 3.24 Å². The van der Waals surface area contributed by atoms with Crippen LogP contribution >= 0.6 is 0 Å². The second-order valence-electron chi connectivity index (χ2n) is 15.6. The van der Waals surface area contributed by atoms with Crippen molar-refractivity contribution in [2.45, 2.75) is 5.41 Å². The van der Waals surface area contributed by atoms with Crippen molar-refractivity contribution in [2.75, 3.05) is 4.90 Å². The first-order valence-corrected chi connectivity index (χ1v) is 20.8. The molecule has 1 heteroatoms. The van der Waals surface area contributed by atoms with Crippen molar-refractivity contribution < 1.29 is 0 Å². The summed E-state index contributed by atoms with van der Waals surface area (Å²) in [4.78, 5) is 2.50. The van der Waals surface area contributed by atoms with Crippen LogP contribution in [-0.2, 0) is 5.41 Å². The highest BCUT2D eigenvalue weighted by Crippen LogP contribution is 2.59. The van der Waals surface area contributed by atoms with E-state index in [1.54, 1.807) is 0 Å². The van der Waals surface area contributed by atoms with Gasteiger partial charge in [0.05, 0.1) is 16.8 Å². The van der Waals surface area contributed by atoms with Gasteiger partial charge in [0, 0.05) is 16.6 Å². The maximum Gasteiger partial charge on any atom is 0.0714 e. The number of benzene rings is 10. The van der Waals surface area contributed by atoms with Crippen LogP contribution < -0.4 is 4.90 Å². The van der Waals surface area contributed by atoms with Crippen LogP contribution in [0, 0.1) is 0 Å². The van der Waals surface area contributed by atoms with E-state index in [0.29, 0.717) is 0 Å². The van der Waals surface area contributed by atoms with Crippen molar-refractivity contribution >= 4 is 27.8 Å². The van der Waals surface area contributed by atoms with Crippen LogP contribution in [0.25, 0.3) is 55.3 Å². The summed E-state index contributed by atoms with van der Waals surface area (Å²) in [6, 6.07) is 91.0. The highest BCUT2D eigenvalue weighted by molar-refractivity contribution is 6.08. The number of nitrogens with zero attached hydrogens (tertiary/aromatic N) is 1. The molecule has 282 valence electrons. The molecule has 10 aromatic carbocycles. The van der Waals surface area contributed by atoms with Crippen molar-refractivity contribution in [3.63, 3.8) is 0 Å². The quantitative estimate of drug-likeness (QED) is 0.149. The molecule has 0 aromatic heterocycles. The summed E-state index contributed by atoms with van der Waals surface area (Å²) in [6.07, 6.45) is 0. The molecule has 60 heavy (non-hydrogen) atoms. The van der Waals surface area contributed by atoms with Gasteiger partial charge < -0.3 is 4.90 Å². The van der Waals surface area contributed by atoms with E-state index in [-0.39, 0.29) is 0 Å². The molecule has 0 N–H and O–H groups in total. The summed E-state index contributed by atoms with van der Waals surface area (Å²) in [7, 11) is 0. The predicted molar refractivity (Wildman–Crippen MR) is 252 cm³/mol. The van der Waals surface area contributed by atoms with Crippen LogP contribution in [0.1, 0.15) is 22.3 Å². The lowest BCUT2D eigenvalue weighted by molar-refractivity contribution is 0.768. The highest BCUT2D eigenvalue weighted by Gasteiger charge is 2.47. The number of hydrogen-bond acceptors (Lipinski definition) is 1. The molecule has 10 aromatic rings. The third-order valence-corrected chi connectivity index (χ3v) is 12.4. The van der Waals surface area contributed by atoms with E-state index in [1.807, 2.05) is 0 Å². The zero-order chi connectivity index (χ0) is 39.9. The summed E-state index contributed by atoms with van der Waals surface area (Å²) in [5.41, 5.74) is 17.7. The van der Waals surface area contributed by atoms with E-state index in [9.17, 15) is 0 Å². The standard InChI is InChI=1S/C59H41N/c1-5-19-42(20-6-1)44-35-37-49(38-36-44)60(56-40-39-50(51-29-13-14-30-52(51)56)46-24-17-23-45(41-46)43-21-7-2-8-22-43)57-34-18-33-55-58(57)53-31-15-16-32-54(53)59(55,47-25-9-3-10-26-47)48-27-11-4-12-28-48/h1-41H. The van der Waals surface area contributed by atoms with E-state index < -0.39 is 5.41 Å². The second-order valence-corrected chi connectivity index (χ2v) is 15.6. The predicted octanol–water partition coefficient (Wildman–Crippen LogP) is 15.7. The molecule has 0 heterocycles. The monoisotopic (exact) mass is 763 g/mol. The van der Waals surface area contributed by atoms with E-state index in [2.05, 4.69) is 254 Å². The fourth-order valence-corrected chi connectivity index (χ4v) is 9.73. The Hall–Kier alpha value is -7.74. The van der Waals surface area contributed by atoms with E-state index in [0.717, 1.165) is 17.1 Å². The Bertz CT molecular complexity index is 3080.